The van der Waals surface area contributed by atoms with Crippen LogP contribution in [-0.2, 0) is 21.4 Å². The Labute approximate surface area is 175 Å². The fourth-order valence-corrected chi connectivity index (χ4v) is 4.79. The average molecular weight is 458 g/mol. The molecule has 154 valence electrons. The summed E-state index contributed by atoms with van der Waals surface area (Å²) in [5.41, 5.74) is 9.22. The highest BCUT2D eigenvalue weighted by atomic mass is 35.5. The monoisotopic (exact) mass is 457 g/mol. The zero-order valence-electron chi connectivity index (χ0n) is 14.8. The van der Waals surface area contributed by atoms with Crippen LogP contribution in [0.1, 0.15) is 22.3 Å². The van der Waals surface area contributed by atoms with Gasteiger partial charge in [0.25, 0.3) is 5.91 Å². The SMILES string of the molecule is [N-]=[N+]=NC[C@H](CC(=O)O)NC(=O)c1ccc(CNS(=O)(=O)c2ccc(Cl)s2)cc1. The molecule has 0 saturated heterocycles. The smallest absolute Gasteiger partial charge is 0.305 e. The number of nitrogens with zero attached hydrogens (tertiary/aromatic N) is 3. The number of azide groups is 1. The summed E-state index contributed by atoms with van der Waals surface area (Å²) in [6.45, 7) is -0.181. The Bertz CT molecular complexity index is 1030. The molecule has 2 aromatic rings. The number of nitrogens with one attached hydrogen (secondary N) is 2. The Morgan fingerprint density at radius 3 is 2.48 bits per heavy atom. The van der Waals surface area contributed by atoms with E-state index in [9.17, 15) is 18.0 Å². The maximum Gasteiger partial charge on any atom is 0.305 e. The van der Waals surface area contributed by atoms with Crippen molar-refractivity contribution in [2.45, 2.75) is 23.2 Å². The third-order valence-corrected chi connectivity index (χ3v) is 6.74. The normalized spacial score (nSPS) is 12.0. The summed E-state index contributed by atoms with van der Waals surface area (Å²) in [6, 6.07) is 8.15. The molecule has 10 nitrogen and oxygen atoms in total. The second kappa shape index (κ2) is 10.2. The number of sulfonamides is 1. The second-order valence-corrected chi connectivity index (χ2v) is 9.47. The van der Waals surface area contributed by atoms with E-state index >= 15 is 0 Å². The Hall–Kier alpha value is -2.63. The molecule has 0 spiro atoms. The molecule has 3 N–H and O–H groups in total. The summed E-state index contributed by atoms with van der Waals surface area (Å²) in [6.07, 6.45) is -0.392. The molecule has 0 radical (unpaired) electrons. The molecule has 0 fully saturated rings. The highest BCUT2D eigenvalue weighted by Gasteiger charge is 2.18. The number of rotatable bonds is 10. The Kier molecular flexibility index (Phi) is 8.00. The van der Waals surface area contributed by atoms with E-state index in [0.717, 1.165) is 11.3 Å². The van der Waals surface area contributed by atoms with Crippen molar-refractivity contribution in [3.8, 4) is 0 Å². The van der Waals surface area contributed by atoms with Gasteiger partial charge >= 0.3 is 5.97 Å². The molecule has 0 aliphatic heterocycles. The molecule has 0 aliphatic rings. The number of aliphatic carboxylic acids is 1. The van der Waals surface area contributed by atoms with E-state index in [0.29, 0.717) is 9.90 Å². The van der Waals surface area contributed by atoms with Gasteiger partial charge in [-0.3, -0.25) is 9.59 Å². The summed E-state index contributed by atoms with van der Waals surface area (Å²) in [5.74, 6) is -1.68. The number of halogens is 1. The van der Waals surface area contributed by atoms with Crippen LogP contribution in [0.3, 0.4) is 0 Å². The molecule has 1 aromatic heterocycles. The minimum Gasteiger partial charge on any atom is -0.481 e. The molecule has 1 aromatic carbocycles. The zero-order valence-corrected chi connectivity index (χ0v) is 17.2. The van der Waals surface area contributed by atoms with E-state index in [-0.39, 0.29) is 22.9 Å². The van der Waals surface area contributed by atoms with Gasteiger partial charge in [0, 0.05) is 29.6 Å². The molecule has 0 aliphatic carbocycles. The van der Waals surface area contributed by atoms with Crippen molar-refractivity contribution in [3.05, 3.63) is 62.3 Å². The maximum atomic E-state index is 12.3. The predicted octanol–water partition coefficient (Wildman–Crippen LogP) is 2.76. The van der Waals surface area contributed by atoms with E-state index in [2.05, 4.69) is 20.1 Å². The topological polar surface area (TPSA) is 161 Å². The highest BCUT2D eigenvalue weighted by Crippen LogP contribution is 2.25. The fraction of sp³-hybridized carbons (Fsp3) is 0.250. The van der Waals surface area contributed by atoms with Crippen LogP contribution < -0.4 is 10.0 Å². The molecule has 2 rings (SSSR count). The Morgan fingerprint density at radius 1 is 1.24 bits per heavy atom. The lowest BCUT2D eigenvalue weighted by Crippen LogP contribution is -2.38. The minimum absolute atomic E-state index is 0.0122. The molecule has 1 atom stereocenters. The highest BCUT2D eigenvalue weighted by molar-refractivity contribution is 7.91. The van der Waals surface area contributed by atoms with Crippen molar-refractivity contribution in [3.63, 3.8) is 0 Å². The first-order valence-corrected chi connectivity index (χ1v) is 10.8. The van der Waals surface area contributed by atoms with E-state index in [1.54, 1.807) is 12.1 Å². The van der Waals surface area contributed by atoms with Crippen molar-refractivity contribution in [2.24, 2.45) is 5.11 Å². The van der Waals surface area contributed by atoms with Crippen LogP contribution in [0.25, 0.3) is 10.4 Å². The number of carbonyl (C=O) groups is 2. The standard InChI is InChI=1S/C16H16ClN5O5S2/c17-13-5-6-15(28-13)29(26,27)20-8-10-1-3-11(4-2-10)16(25)21-12(7-14(23)24)9-19-22-18/h1-6,12,20H,7-9H2,(H,21,25)(H,23,24)/t12-/m0/s1. The lowest BCUT2D eigenvalue weighted by Gasteiger charge is -2.14. The lowest BCUT2D eigenvalue weighted by molar-refractivity contribution is -0.137. The van der Waals surface area contributed by atoms with Crippen LogP contribution in [0.4, 0.5) is 0 Å². The summed E-state index contributed by atoms with van der Waals surface area (Å²) in [4.78, 5) is 25.7. The third kappa shape index (κ3) is 7.04. The van der Waals surface area contributed by atoms with Gasteiger partial charge in [-0.25, -0.2) is 13.1 Å². The van der Waals surface area contributed by atoms with E-state index in [1.165, 1.54) is 24.3 Å². The number of carboxylic acid groups (broad SMARTS) is 1. The molecular formula is C16H16ClN5O5S2. The first kappa shape index (κ1) is 22.7. The largest absolute Gasteiger partial charge is 0.481 e. The predicted molar refractivity (Wildman–Crippen MR) is 107 cm³/mol. The van der Waals surface area contributed by atoms with Gasteiger partial charge in [0.15, 0.2) is 0 Å². The van der Waals surface area contributed by atoms with Crippen LogP contribution in [0.2, 0.25) is 4.34 Å². The summed E-state index contributed by atoms with van der Waals surface area (Å²) in [7, 11) is -3.69. The van der Waals surface area contributed by atoms with Crippen molar-refractivity contribution >= 4 is 44.8 Å². The molecule has 29 heavy (non-hydrogen) atoms. The molecule has 13 heteroatoms. The fourth-order valence-electron chi connectivity index (χ4n) is 2.24. The third-order valence-electron chi connectivity index (χ3n) is 3.62. The van der Waals surface area contributed by atoms with Gasteiger partial charge in [0.1, 0.15) is 4.21 Å². The summed E-state index contributed by atoms with van der Waals surface area (Å²) < 4.78 is 27.3. The molecular weight excluding hydrogens is 442 g/mol. The van der Waals surface area contributed by atoms with Crippen molar-refractivity contribution in [1.29, 1.82) is 0 Å². The van der Waals surface area contributed by atoms with Crippen LogP contribution in [0.15, 0.2) is 45.7 Å². The molecule has 1 heterocycles. The molecule has 0 saturated carbocycles. The Morgan fingerprint density at radius 2 is 1.93 bits per heavy atom. The Balaban J connectivity index is 1.98. The quantitative estimate of drug-likeness (QED) is 0.283. The first-order valence-electron chi connectivity index (χ1n) is 8.08. The lowest BCUT2D eigenvalue weighted by atomic mass is 10.1. The number of carboxylic acids is 1. The molecule has 1 amide bonds. The van der Waals surface area contributed by atoms with E-state index < -0.39 is 34.4 Å². The van der Waals surface area contributed by atoms with Crippen LogP contribution in [0.5, 0.6) is 0 Å². The molecule has 0 unspecified atom stereocenters. The maximum absolute atomic E-state index is 12.3. The van der Waals surface area contributed by atoms with Crippen LogP contribution in [0, 0.1) is 0 Å². The van der Waals surface area contributed by atoms with Crippen molar-refractivity contribution < 1.29 is 23.1 Å². The first-order chi connectivity index (χ1) is 13.7. The van der Waals surface area contributed by atoms with Crippen LogP contribution in [-0.4, -0.2) is 38.0 Å². The average Bonchev–Trinajstić information content (AvgIpc) is 3.12. The molecule has 0 bridgehead atoms. The number of hydrogen-bond donors (Lipinski definition) is 3. The number of hydrogen-bond acceptors (Lipinski definition) is 6. The number of amides is 1. The summed E-state index contributed by atoms with van der Waals surface area (Å²) in [5, 5.41) is 14.6. The summed E-state index contributed by atoms with van der Waals surface area (Å²) >= 11 is 6.70. The van der Waals surface area contributed by atoms with Crippen molar-refractivity contribution in [1.82, 2.24) is 10.0 Å². The van der Waals surface area contributed by atoms with Gasteiger partial charge in [-0.15, -0.1) is 11.3 Å². The van der Waals surface area contributed by atoms with Gasteiger partial charge in [0.2, 0.25) is 10.0 Å². The van der Waals surface area contributed by atoms with Gasteiger partial charge < -0.3 is 10.4 Å². The van der Waals surface area contributed by atoms with Gasteiger partial charge in [0.05, 0.1) is 10.8 Å². The number of thiophene rings is 1. The minimum atomic E-state index is -3.69. The van der Waals surface area contributed by atoms with E-state index in [1.807, 2.05) is 0 Å². The van der Waals surface area contributed by atoms with E-state index in [4.69, 9.17) is 22.2 Å². The number of carbonyl (C=O) groups excluding carboxylic acids is 1. The van der Waals surface area contributed by atoms with Crippen LogP contribution >= 0.6 is 22.9 Å². The van der Waals surface area contributed by atoms with Crippen molar-refractivity contribution in [2.75, 3.05) is 6.54 Å². The van der Waals surface area contributed by atoms with Gasteiger partial charge in [-0.1, -0.05) is 28.8 Å². The number of benzene rings is 1. The zero-order chi connectivity index (χ0) is 21.4. The second-order valence-electron chi connectivity index (χ2n) is 5.76. The van der Waals surface area contributed by atoms with Gasteiger partial charge in [-0.05, 0) is 35.4 Å². The van der Waals surface area contributed by atoms with Gasteiger partial charge in [-0.2, -0.15) is 0 Å².